The maximum absolute atomic E-state index is 3.59. The average molecular weight is 211 g/mol. The van der Waals surface area contributed by atoms with E-state index in [0.29, 0.717) is 12.1 Å². The Hall–Kier alpha value is -0.340. The van der Waals surface area contributed by atoms with Crippen LogP contribution in [0.2, 0.25) is 0 Å². The molecule has 0 aliphatic rings. The van der Waals surface area contributed by atoms with E-state index in [1.165, 1.54) is 16.2 Å². The molecule has 0 aliphatic heterocycles. The summed E-state index contributed by atoms with van der Waals surface area (Å²) in [5.74, 6) is 0. The molecule has 0 saturated carbocycles. The Morgan fingerprint density at radius 1 is 1.29 bits per heavy atom. The molecule has 1 nitrogen and oxygen atoms in total. The molecule has 2 atom stereocenters. The maximum atomic E-state index is 3.59. The van der Waals surface area contributed by atoms with Gasteiger partial charge in [0.2, 0.25) is 0 Å². The van der Waals surface area contributed by atoms with Crippen molar-refractivity contribution in [2.24, 2.45) is 0 Å². The van der Waals surface area contributed by atoms with Gasteiger partial charge in [-0.15, -0.1) is 11.3 Å². The number of hydrogen-bond donors (Lipinski definition) is 1. The van der Waals surface area contributed by atoms with Crippen molar-refractivity contribution in [3.8, 4) is 0 Å². The monoisotopic (exact) mass is 211 g/mol. The zero-order valence-electron chi connectivity index (χ0n) is 9.63. The van der Waals surface area contributed by atoms with Crippen LogP contribution in [0.3, 0.4) is 0 Å². The van der Waals surface area contributed by atoms with Crippen molar-refractivity contribution in [1.29, 1.82) is 0 Å². The number of nitrogens with one attached hydrogen (secondary N) is 1. The van der Waals surface area contributed by atoms with Gasteiger partial charge in [0.15, 0.2) is 0 Å². The highest BCUT2D eigenvalue weighted by molar-refractivity contribution is 7.12. The largest absolute Gasteiger partial charge is 0.307 e. The van der Waals surface area contributed by atoms with Gasteiger partial charge in [-0.1, -0.05) is 13.8 Å². The fourth-order valence-corrected chi connectivity index (χ4v) is 2.41. The van der Waals surface area contributed by atoms with E-state index in [2.05, 4.69) is 45.1 Å². The zero-order valence-corrected chi connectivity index (χ0v) is 10.4. The van der Waals surface area contributed by atoms with Gasteiger partial charge >= 0.3 is 0 Å². The molecule has 0 radical (unpaired) electrons. The minimum Gasteiger partial charge on any atom is -0.307 e. The lowest BCUT2D eigenvalue weighted by atomic mass is 10.2. The number of rotatable bonds is 5. The third kappa shape index (κ3) is 3.10. The Morgan fingerprint density at radius 3 is 2.50 bits per heavy atom. The highest BCUT2D eigenvalue weighted by Gasteiger charge is 2.09. The fraction of sp³-hybridized carbons (Fsp3) is 0.667. The topological polar surface area (TPSA) is 12.0 Å². The van der Waals surface area contributed by atoms with Crippen molar-refractivity contribution in [2.45, 2.75) is 52.6 Å². The molecule has 0 amide bonds. The number of hydrogen-bond acceptors (Lipinski definition) is 2. The normalized spacial score (nSPS) is 15.4. The standard InChI is InChI=1S/C12H21NS/c1-5-9(3)13-10(4)12-8-7-11(6-2)14-12/h7-10,13H,5-6H2,1-4H3. The minimum atomic E-state index is 0.496. The average Bonchev–Trinajstić information content (AvgIpc) is 2.65. The molecule has 2 heteroatoms. The lowest BCUT2D eigenvalue weighted by Crippen LogP contribution is -2.27. The summed E-state index contributed by atoms with van der Waals surface area (Å²) >= 11 is 1.93. The molecule has 80 valence electrons. The second kappa shape index (κ2) is 5.52. The third-order valence-electron chi connectivity index (χ3n) is 2.60. The van der Waals surface area contributed by atoms with E-state index >= 15 is 0 Å². The Morgan fingerprint density at radius 2 is 2.00 bits per heavy atom. The Labute approximate surface area is 91.5 Å². The molecule has 1 aromatic heterocycles. The van der Waals surface area contributed by atoms with Crippen LogP contribution in [0.4, 0.5) is 0 Å². The predicted molar refractivity (Wildman–Crippen MR) is 65.0 cm³/mol. The van der Waals surface area contributed by atoms with Crippen molar-refractivity contribution in [2.75, 3.05) is 0 Å². The first-order valence-electron chi connectivity index (χ1n) is 5.52. The molecule has 0 fully saturated rings. The zero-order chi connectivity index (χ0) is 10.6. The second-order valence-corrected chi connectivity index (χ2v) is 5.06. The van der Waals surface area contributed by atoms with E-state index in [4.69, 9.17) is 0 Å². The van der Waals surface area contributed by atoms with E-state index < -0.39 is 0 Å². The van der Waals surface area contributed by atoms with Gasteiger partial charge in [0.1, 0.15) is 0 Å². The van der Waals surface area contributed by atoms with Crippen LogP contribution >= 0.6 is 11.3 Å². The molecule has 14 heavy (non-hydrogen) atoms. The summed E-state index contributed by atoms with van der Waals surface area (Å²) in [4.78, 5) is 2.94. The van der Waals surface area contributed by atoms with Crippen molar-refractivity contribution >= 4 is 11.3 Å². The van der Waals surface area contributed by atoms with Crippen LogP contribution < -0.4 is 5.32 Å². The molecule has 1 heterocycles. The van der Waals surface area contributed by atoms with Gasteiger partial charge in [-0.25, -0.2) is 0 Å². The molecule has 0 bridgehead atoms. The van der Waals surface area contributed by atoms with Crippen LogP contribution in [0.25, 0.3) is 0 Å². The third-order valence-corrected chi connectivity index (χ3v) is 4.02. The molecule has 2 unspecified atom stereocenters. The fourth-order valence-electron chi connectivity index (χ4n) is 1.44. The van der Waals surface area contributed by atoms with Crippen LogP contribution in [-0.2, 0) is 6.42 Å². The van der Waals surface area contributed by atoms with Gasteiger partial charge < -0.3 is 5.32 Å². The smallest absolute Gasteiger partial charge is 0.0388 e. The van der Waals surface area contributed by atoms with Crippen LogP contribution in [0.1, 0.15) is 49.9 Å². The van der Waals surface area contributed by atoms with E-state index in [1.54, 1.807) is 0 Å². The molecule has 0 spiro atoms. The summed E-state index contributed by atoms with van der Waals surface area (Å²) in [6.07, 6.45) is 2.34. The van der Waals surface area contributed by atoms with Crippen molar-refractivity contribution in [3.63, 3.8) is 0 Å². The van der Waals surface area contributed by atoms with E-state index in [-0.39, 0.29) is 0 Å². The van der Waals surface area contributed by atoms with Crippen LogP contribution in [0.5, 0.6) is 0 Å². The van der Waals surface area contributed by atoms with E-state index in [1.807, 2.05) is 11.3 Å². The molecule has 0 saturated heterocycles. The van der Waals surface area contributed by atoms with Gasteiger partial charge in [0.05, 0.1) is 0 Å². The van der Waals surface area contributed by atoms with Gasteiger partial charge in [0, 0.05) is 21.8 Å². The Bertz CT molecular complexity index is 267. The van der Waals surface area contributed by atoms with Gasteiger partial charge in [-0.05, 0) is 38.8 Å². The lowest BCUT2D eigenvalue weighted by molar-refractivity contribution is 0.474. The molecule has 0 aromatic carbocycles. The summed E-state index contributed by atoms with van der Waals surface area (Å²) in [7, 11) is 0. The minimum absolute atomic E-state index is 0.496. The quantitative estimate of drug-likeness (QED) is 0.782. The second-order valence-electron chi connectivity index (χ2n) is 3.86. The van der Waals surface area contributed by atoms with Crippen molar-refractivity contribution < 1.29 is 0 Å². The summed E-state index contributed by atoms with van der Waals surface area (Å²) in [6, 6.07) is 5.60. The van der Waals surface area contributed by atoms with E-state index in [9.17, 15) is 0 Å². The Balaban J connectivity index is 2.55. The molecular formula is C12H21NS. The lowest BCUT2D eigenvalue weighted by Gasteiger charge is -2.17. The van der Waals surface area contributed by atoms with Crippen LogP contribution in [0.15, 0.2) is 12.1 Å². The highest BCUT2D eigenvalue weighted by atomic mass is 32.1. The maximum Gasteiger partial charge on any atom is 0.0388 e. The van der Waals surface area contributed by atoms with Crippen molar-refractivity contribution in [1.82, 2.24) is 5.32 Å². The molecule has 1 aromatic rings. The molecular weight excluding hydrogens is 190 g/mol. The molecule has 0 aliphatic carbocycles. The van der Waals surface area contributed by atoms with Gasteiger partial charge in [0.25, 0.3) is 0 Å². The summed E-state index contributed by atoms with van der Waals surface area (Å²) in [6.45, 7) is 8.92. The van der Waals surface area contributed by atoms with E-state index in [0.717, 1.165) is 6.42 Å². The first kappa shape index (κ1) is 11.7. The van der Waals surface area contributed by atoms with Crippen LogP contribution in [-0.4, -0.2) is 6.04 Å². The summed E-state index contributed by atoms with van der Waals surface area (Å²) in [5, 5.41) is 3.59. The Kier molecular flexibility index (Phi) is 4.63. The summed E-state index contributed by atoms with van der Waals surface area (Å²) < 4.78 is 0. The van der Waals surface area contributed by atoms with Gasteiger partial charge in [-0.2, -0.15) is 0 Å². The highest BCUT2D eigenvalue weighted by Crippen LogP contribution is 2.23. The van der Waals surface area contributed by atoms with Crippen LogP contribution in [0, 0.1) is 0 Å². The molecule has 1 N–H and O–H groups in total. The first-order valence-corrected chi connectivity index (χ1v) is 6.33. The van der Waals surface area contributed by atoms with Crippen molar-refractivity contribution in [3.05, 3.63) is 21.9 Å². The number of thiophene rings is 1. The number of aryl methyl sites for hydroxylation is 1. The molecule has 1 rings (SSSR count). The summed E-state index contributed by atoms with van der Waals surface area (Å²) in [5.41, 5.74) is 0. The SMILES string of the molecule is CCc1ccc(C(C)NC(C)CC)s1. The van der Waals surface area contributed by atoms with Gasteiger partial charge in [-0.3, -0.25) is 0 Å². The first-order chi connectivity index (χ1) is 6.67. The predicted octanol–water partition coefficient (Wildman–Crippen LogP) is 3.76.